The summed E-state index contributed by atoms with van der Waals surface area (Å²) in [4.78, 5) is 27.4. The number of amides is 1. The van der Waals surface area contributed by atoms with Crippen LogP contribution < -0.4 is 5.32 Å². The van der Waals surface area contributed by atoms with E-state index in [9.17, 15) is 14.9 Å². The molecule has 9 heteroatoms. The van der Waals surface area contributed by atoms with Gasteiger partial charge < -0.3 is 5.32 Å². The Bertz CT molecular complexity index is 1020. The Hall–Kier alpha value is -2.16. The quantitative estimate of drug-likeness (QED) is 0.356. The van der Waals surface area contributed by atoms with Crippen molar-refractivity contribution in [2.24, 2.45) is 0 Å². The largest absolute Gasteiger partial charge is 0.320 e. The SMILES string of the molecule is Cc1cc(NC(=O)CSc2nc3cc(Cl)ccc3s2)c([N+](=O)[O-])cc1C. The Morgan fingerprint density at radius 3 is 2.77 bits per heavy atom. The maximum atomic E-state index is 12.2. The molecule has 3 aromatic rings. The van der Waals surface area contributed by atoms with Crippen molar-refractivity contribution >= 4 is 62.2 Å². The number of nitro groups is 1. The Kier molecular flexibility index (Phi) is 5.45. The maximum absolute atomic E-state index is 12.2. The maximum Gasteiger partial charge on any atom is 0.293 e. The lowest BCUT2D eigenvalue weighted by Crippen LogP contribution is -2.15. The van der Waals surface area contributed by atoms with E-state index in [-0.39, 0.29) is 23.0 Å². The molecular formula is C17H14ClN3O3S2. The van der Waals surface area contributed by atoms with E-state index in [1.54, 1.807) is 25.1 Å². The van der Waals surface area contributed by atoms with Gasteiger partial charge in [-0.2, -0.15) is 0 Å². The van der Waals surface area contributed by atoms with E-state index >= 15 is 0 Å². The summed E-state index contributed by atoms with van der Waals surface area (Å²) in [5.41, 5.74) is 2.56. The fourth-order valence-corrected chi connectivity index (χ4v) is 4.32. The number of hydrogen-bond acceptors (Lipinski definition) is 6. The molecule has 1 aromatic heterocycles. The smallest absolute Gasteiger partial charge is 0.293 e. The molecule has 26 heavy (non-hydrogen) atoms. The molecule has 0 unspecified atom stereocenters. The van der Waals surface area contributed by atoms with Crippen molar-refractivity contribution in [2.75, 3.05) is 11.1 Å². The van der Waals surface area contributed by atoms with Crippen LogP contribution in [0, 0.1) is 24.0 Å². The van der Waals surface area contributed by atoms with Crippen molar-refractivity contribution in [3.63, 3.8) is 0 Å². The summed E-state index contributed by atoms with van der Waals surface area (Å²) in [5.74, 6) is -0.212. The van der Waals surface area contributed by atoms with Gasteiger partial charge in [-0.15, -0.1) is 11.3 Å². The minimum absolute atomic E-state index is 0.109. The van der Waals surface area contributed by atoms with Crippen molar-refractivity contribution in [2.45, 2.75) is 18.2 Å². The second-order valence-electron chi connectivity index (χ2n) is 5.64. The van der Waals surface area contributed by atoms with Gasteiger partial charge >= 0.3 is 0 Å². The Balaban J connectivity index is 1.70. The number of thiazole rings is 1. The van der Waals surface area contributed by atoms with Gasteiger partial charge in [0, 0.05) is 11.1 Å². The number of nitro benzene ring substituents is 1. The van der Waals surface area contributed by atoms with Crippen molar-refractivity contribution in [1.82, 2.24) is 4.98 Å². The van der Waals surface area contributed by atoms with Crippen LogP contribution in [0.15, 0.2) is 34.7 Å². The molecule has 0 saturated heterocycles. The van der Waals surface area contributed by atoms with Crippen LogP contribution in [0.2, 0.25) is 5.02 Å². The van der Waals surface area contributed by atoms with Crippen LogP contribution in [0.3, 0.4) is 0 Å². The van der Waals surface area contributed by atoms with Crippen molar-refractivity contribution < 1.29 is 9.72 Å². The number of nitrogens with one attached hydrogen (secondary N) is 1. The molecule has 1 amide bonds. The highest BCUT2D eigenvalue weighted by Crippen LogP contribution is 2.32. The van der Waals surface area contributed by atoms with Gasteiger partial charge in [0.1, 0.15) is 5.69 Å². The molecule has 1 heterocycles. The van der Waals surface area contributed by atoms with Gasteiger partial charge in [-0.3, -0.25) is 14.9 Å². The zero-order valence-corrected chi connectivity index (χ0v) is 16.3. The summed E-state index contributed by atoms with van der Waals surface area (Å²) < 4.78 is 1.73. The number of aromatic nitrogens is 1. The van der Waals surface area contributed by atoms with Gasteiger partial charge in [-0.1, -0.05) is 23.4 Å². The first-order valence-corrected chi connectivity index (χ1v) is 9.76. The molecule has 0 aliphatic heterocycles. The summed E-state index contributed by atoms with van der Waals surface area (Å²) in [6.45, 7) is 3.64. The molecule has 0 radical (unpaired) electrons. The summed E-state index contributed by atoms with van der Waals surface area (Å²) >= 11 is 8.70. The topological polar surface area (TPSA) is 85.1 Å². The molecule has 0 spiro atoms. The molecule has 0 atom stereocenters. The predicted octanol–water partition coefficient (Wildman–Crippen LogP) is 5.21. The van der Waals surface area contributed by atoms with Gasteiger partial charge in [0.25, 0.3) is 5.69 Å². The van der Waals surface area contributed by atoms with E-state index in [0.717, 1.165) is 25.7 Å². The number of hydrogen-bond donors (Lipinski definition) is 1. The minimum atomic E-state index is -0.494. The number of fused-ring (bicyclic) bond motifs is 1. The zero-order chi connectivity index (χ0) is 18.8. The van der Waals surface area contributed by atoms with E-state index in [1.807, 2.05) is 13.0 Å². The first-order valence-electron chi connectivity index (χ1n) is 7.58. The van der Waals surface area contributed by atoms with Gasteiger partial charge in [0.15, 0.2) is 4.34 Å². The molecule has 0 aliphatic rings. The van der Waals surface area contributed by atoms with Crippen molar-refractivity contribution in [3.05, 3.63) is 56.6 Å². The van der Waals surface area contributed by atoms with Crippen LogP contribution in [0.4, 0.5) is 11.4 Å². The van der Waals surface area contributed by atoms with Crippen LogP contribution in [0.25, 0.3) is 10.2 Å². The lowest BCUT2D eigenvalue weighted by molar-refractivity contribution is -0.384. The molecule has 0 aliphatic carbocycles. The minimum Gasteiger partial charge on any atom is -0.320 e. The average Bonchev–Trinajstić information content (AvgIpc) is 2.97. The predicted molar refractivity (Wildman–Crippen MR) is 107 cm³/mol. The number of halogens is 1. The van der Waals surface area contributed by atoms with E-state index in [0.29, 0.717) is 5.02 Å². The van der Waals surface area contributed by atoms with Crippen LogP contribution >= 0.6 is 34.7 Å². The first-order chi connectivity index (χ1) is 12.3. The highest BCUT2D eigenvalue weighted by Gasteiger charge is 2.18. The fraction of sp³-hybridized carbons (Fsp3) is 0.176. The number of anilines is 1. The Labute approximate surface area is 162 Å². The molecule has 2 aromatic carbocycles. The molecule has 6 nitrogen and oxygen atoms in total. The van der Waals surface area contributed by atoms with Crippen LogP contribution in [-0.2, 0) is 4.79 Å². The van der Waals surface area contributed by atoms with Gasteiger partial charge in [0.2, 0.25) is 5.91 Å². The number of carbonyl (C=O) groups excluding carboxylic acids is 1. The molecule has 1 N–H and O–H groups in total. The van der Waals surface area contributed by atoms with Gasteiger partial charge in [-0.25, -0.2) is 4.98 Å². The third-order valence-electron chi connectivity index (χ3n) is 3.74. The van der Waals surface area contributed by atoms with Crippen LogP contribution in [-0.4, -0.2) is 21.6 Å². The summed E-state index contributed by atoms with van der Waals surface area (Å²) in [6, 6.07) is 8.54. The number of nitrogens with zero attached hydrogens (tertiary/aromatic N) is 2. The van der Waals surface area contributed by atoms with Crippen molar-refractivity contribution in [3.8, 4) is 0 Å². The van der Waals surface area contributed by atoms with E-state index in [4.69, 9.17) is 11.6 Å². The standard InChI is InChI=1S/C17H14ClN3O3S2/c1-9-5-12(14(21(23)24)6-10(9)2)19-16(22)8-25-17-20-13-7-11(18)3-4-15(13)26-17/h3-7H,8H2,1-2H3,(H,19,22). The van der Waals surface area contributed by atoms with E-state index in [1.165, 1.54) is 29.2 Å². The molecule has 0 saturated carbocycles. The molecular weight excluding hydrogens is 394 g/mol. The van der Waals surface area contributed by atoms with E-state index in [2.05, 4.69) is 10.3 Å². The highest BCUT2D eigenvalue weighted by atomic mass is 35.5. The highest BCUT2D eigenvalue weighted by molar-refractivity contribution is 8.01. The number of carbonyl (C=O) groups is 1. The number of rotatable bonds is 5. The molecule has 3 rings (SSSR count). The summed E-state index contributed by atoms with van der Waals surface area (Å²) in [7, 11) is 0. The normalized spacial score (nSPS) is 10.9. The third-order valence-corrected chi connectivity index (χ3v) is 6.15. The monoisotopic (exact) mass is 407 g/mol. The molecule has 134 valence electrons. The Morgan fingerprint density at radius 1 is 1.31 bits per heavy atom. The summed E-state index contributed by atoms with van der Waals surface area (Å²) in [5, 5.41) is 14.4. The van der Waals surface area contributed by atoms with Crippen molar-refractivity contribution in [1.29, 1.82) is 0 Å². The Morgan fingerprint density at radius 2 is 2.04 bits per heavy atom. The van der Waals surface area contributed by atoms with Crippen LogP contribution in [0.1, 0.15) is 11.1 Å². The van der Waals surface area contributed by atoms with E-state index < -0.39 is 4.92 Å². The number of thioether (sulfide) groups is 1. The second kappa shape index (κ2) is 7.61. The third kappa shape index (κ3) is 4.14. The zero-order valence-electron chi connectivity index (χ0n) is 13.9. The van der Waals surface area contributed by atoms with Gasteiger partial charge in [-0.05, 0) is 49.2 Å². The molecule has 0 fully saturated rings. The second-order valence-corrected chi connectivity index (χ2v) is 8.33. The average molecular weight is 408 g/mol. The fourth-order valence-electron chi connectivity index (χ4n) is 2.31. The van der Waals surface area contributed by atoms with Crippen LogP contribution in [0.5, 0.6) is 0 Å². The first kappa shape index (κ1) is 18.6. The number of benzene rings is 2. The number of aryl methyl sites for hydroxylation is 2. The lowest BCUT2D eigenvalue weighted by atomic mass is 10.1. The summed E-state index contributed by atoms with van der Waals surface area (Å²) in [6.07, 6.45) is 0. The van der Waals surface area contributed by atoms with Gasteiger partial charge in [0.05, 0.1) is 20.9 Å². The lowest BCUT2D eigenvalue weighted by Gasteiger charge is -2.08. The molecule has 0 bridgehead atoms.